The van der Waals surface area contributed by atoms with Crippen molar-refractivity contribution in [1.82, 2.24) is 0 Å². The highest BCUT2D eigenvalue weighted by atomic mass is 35.5. The third-order valence-corrected chi connectivity index (χ3v) is 3.14. The summed E-state index contributed by atoms with van der Waals surface area (Å²) in [5.74, 6) is -0.370. The number of benzene rings is 1. The molecule has 18 heavy (non-hydrogen) atoms. The molecule has 0 bridgehead atoms. The summed E-state index contributed by atoms with van der Waals surface area (Å²) in [7, 11) is 0. The summed E-state index contributed by atoms with van der Waals surface area (Å²) in [6.07, 6.45) is -4.11. The molecule has 3 nitrogen and oxygen atoms in total. The maximum atomic E-state index is 12.7. The van der Waals surface area contributed by atoms with Gasteiger partial charge in [-0.1, -0.05) is 11.6 Å². The molecular formula is C11H10ClF3N2O. The van der Waals surface area contributed by atoms with Crippen molar-refractivity contribution in [1.29, 1.82) is 0 Å². The normalized spacial score (nSPS) is 20.6. The van der Waals surface area contributed by atoms with Crippen LogP contribution in [-0.4, -0.2) is 18.5 Å². The Hall–Kier alpha value is -1.27. The smallest absolute Gasteiger partial charge is 0.320 e. The van der Waals surface area contributed by atoms with Crippen molar-refractivity contribution in [3.63, 3.8) is 0 Å². The Kier molecular flexibility index (Phi) is 3.25. The number of rotatable bonds is 1. The van der Waals surface area contributed by atoms with E-state index in [1.807, 2.05) is 0 Å². The Morgan fingerprint density at radius 3 is 2.56 bits per heavy atom. The Bertz CT molecular complexity index is 490. The Morgan fingerprint density at radius 1 is 1.39 bits per heavy atom. The van der Waals surface area contributed by atoms with Crippen LogP contribution < -0.4 is 10.6 Å². The molecule has 2 rings (SSSR count). The molecule has 1 heterocycles. The van der Waals surface area contributed by atoms with Gasteiger partial charge in [0, 0.05) is 12.2 Å². The number of amides is 1. The number of alkyl halides is 3. The van der Waals surface area contributed by atoms with Gasteiger partial charge in [-0.3, -0.25) is 4.79 Å². The third kappa shape index (κ3) is 2.30. The maximum absolute atomic E-state index is 12.7. The number of nitrogens with zero attached hydrogens (tertiary/aromatic N) is 1. The summed E-state index contributed by atoms with van der Waals surface area (Å²) in [5.41, 5.74) is 4.74. The molecule has 1 aliphatic rings. The molecule has 7 heteroatoms. The monoisotopic (exact) mass is 278 g/mol. The largest absolute Gasteiger partial charge is 0.417 e. The number of hydrogen-bond donors (Lipinski definition) is 1. The van der Waals surface area contributed by atoms with E-state index in [1.54, 1.807) is 0 Å². The zero-order valence-electron chi connectivity index (χ0n) is 9.17. The van der Waals surface area contributed by atoms with E-state index in [4.69, 9.17) is 17.3 Å². The zero-order valence-corrected chi connectivity index (χ0v) is 9.92. The number of halogens is 4. The summed E-state index contributed by atoms with van der Waals surface area (Å²) >= 11 is 5.50. The minimum absolute atomic E-state index is 0.171. The molecule has 0 spiro atoms. The van der Waals surface area contributed by atoms with Gasteiger partial charge in [0.05, 0.1) is 16.6 Å². The lowest BCUT2D eigenvalue weighted by Gasteiger charge is -2.18. The first-order valence-electron chi connectivity index (χ1n) is 5.24. The average Bonchev–Trinajstić information content (AvgIpc) is 2.59. The van der Waals surface area contributed by atoms with E-state index in [9.17, 15) is 18.0 Å². The van der Waals surface area contributed by atoms with Crippen LogP contribution in [0.15, 0.2) is 18.2 Å². The molecular weight excluding hydrogens is 269 g/mol. The lowest BCUT2D eigenvalue weighted by atomic mass is 10.2. The van der Waals surface area contributed by atoms with E-state index in [0.717, 1.165) is 12.1 Å². The number of carbonyl (C=O) groups excluding carboxylic acids is 1. The number of nitrogens with two attached hydrogens (primary N) is 1. The number of anilines is 1. The van der Waals surface area contributed by atoms with Gasteiger partial charge in [-0.15, -0.1) is 0 Å². The molecule has 1 atom stereocenters. The van der Waals surface area contributed by atoms with Gasteiger partial charge in [0.1, 0.15) is 0 Å². The second kappa shape index (κ2) is 4.44. The van der Waals surface area contributed by atoms with Crippen LogP contribution in [0, 0.1) is 0 Å². The molecule has 0 radical (unpaired) electrons. The van der Waals surface area contributed by atoms with Crippen molar-refractivity contribution in [2.45, 2.75) is 18.6 Å². The van der Waals surface area contributed by atoms with Gasteiger partial charge < -0.3 is 10.6 Å². The molecule has 1 aromatic carbocycles. The van der Waals surface area contributed by atoms with Gasteiger partial charge in [-0.2, -0.15) is 13.2 Å². The zero-order chi connectivity index (χ0) is 13.5. The molecule has 98 valence electrons. The lowest BCUT2D eigenvalue weighted by Crippen LogP contribution is -2.34. The highest BCUT2D eigenvalue weighted by Crippen LogP contribution is 2.37. The van der Waals surface area contributed by atoms with Crippen LogP contribution in [0.2, 0.25) is 5.02 Å². The van der Waals surface area contributed by atoms with Crippen LogP contribution >= 0.6 is 11.6 Å². The second-order valence-corrected chi connectivity index (χ2v) is 4.45. The minimum Gasteiger partial charge on any atom is -0.320 e. The summed E-state index contributed by atoms with van der Waals surface area (Å²) in [4.78, 5) is 12.9. The first kappa shape index (κ1) is 13.2. The predicted octanol–water partition coefficient (Wildman–Crippen LogP) is 2.42. The Labute approximate surface area is 106 Å². The summed E-state index contributed by atoms with van der Waals surface area (Å²) < 4.78 is 38.0. The highest BCUT2D eigenvalue weighted by molar-refractivity contribution is 6.31. The van der Waals surface area contributed by atoms with Gasteiger partial charge in [-0.05, 0) is 24.6 Å². The minimum atomic E-state index is -4.54. The maximum Gasteiger partial charge on any atom is 0.417 e. The van der Waals surface area contributed by atoms with Crippen molar-refractivity contribution in [3.05, 3.63) is 28.8 Å². The summed E-state index contributed by atoms with van der Waals surface area (Å²) in [5, 5.41) is -0.387. The van der Waals surface area contributed by atoms with Gasteiger partial charge >= 0.3 is 6.18 Å². The van der Waals surface area contributed by atoms with E-state index in [2.05, 4.69) is 0 Å². The van der Waals surface area contributed by atoms with Crippen molar-refractivity contribution in [3.8, 4) is 0 Å². The van der Waals surface area contributed by atoms with Crippen LogP contribution in [-0.2, 0) is 11.0 Å². The van der Waals surface area contributed by atoms with Crippen molar-refractivity contribution >= 4 is 23.2 Å². The predicted molar refractivity (Wildman–Crippen MR) is 61.4 cm³/mol. The number of carbonyl (C=O) groups is 1. The standard InChI is InChI=1S/C11H10ClF3N2O/c12-8-2-1-6(5-7(8)11(13,14)15)17-4-3-9(16)10(17)18/h1-2,5,9H,3-4,16H2. The molecule has 2 N–H and O–H groups in total. The lowest BCUT2D eigenvalue weighted by molar-refractivity contribution is -0.137. The van der Waals surface area contributed by atoms with Crippen LogP contribution in [0.3, 0.4) is 0 Å². The van der Waals surface area contributed by atoms with Gasteiger partial charge in [0.25, 0.3) is 0 Å². The molecule has 1 fully saturated rings. The molecule has 1 saturated heterocycles. The molecule has 0 aliphatic carbocycles. The fourth-order valence-electron chi connectivity index (χ4n) is 1.86. The van der Waals surface area contributed by atoms with Gasteiger partial charge in [0.15, 0.2) is 0 Å². The fraction of sp³-hybridized carbons (Fsp3) is 0.364. The van der Waals surface area contributed by atoms with E-state index < -0.39 is 17.8 Å². The van der Waals surface area contributed by atoms with Gasteiger partial charge in [-0.25, -0.2) is 0 Å². The molecule has 1 aliphatic heterocycles. The molecule has 0 saturated carbocycles. The quantitative estimate of drug-likeness (QED) is 0.857. The first-order chi connectivity index (χ1) is 8.30. The van der Waals surface area contributed by atoms with Crippen molar-refractivity contribution in [2.24, 2.45) is 5.73 Å². The highest BCUT2D eigenvalue weighted by Gasteiger charge is 2.35. The number of hydrogen-bond acceptors (Lipinski definition) is 2. The van der Waals surface area contributed by atoms with E-state index >= 15 is 0 Å². The molecule has 1 amide bonds. The van der Waals surface area contributed by atoms with Crippen molar-refractivity contribution in [2.75, 3.05) is 11.4 Å². The summed E-state index contributed by atoms with van der Waals surface area (Å²) in [6.45, 7) is 0.318. The Balaban J connectivity index is 2.39. The van der Waals surface area contributed by atoms with E-state index in [0.29, 0.717) is 13.0 Å². The van der Waals surface area contributed by atoms with E-state index in [1.165, 1.54) is 11.0 Å². The van der Waals surface area contributed by atoms with Crippen molar-refractivity contribution < 1.29 is 18.0 Å². The van der Waals surface area contributed by atoms with E-state index in [-0.39, 0.29) is 16.6 Å². The third-order valence-electron chi connectivity index (χ3n) is 2.81. The molecule has 1 aromatic rings. The average molecular weight is 279 g/mol. The molecule has 1 unspecified atom stereocenters. The van der Waals surface area contributed by atoms with Crippen LogP contribution in [0.4, 0.5) is 18.9 Å². The fourth-order valence-corrected chi connectivity index (χ4v) is 2.08. The van der Waals surface area contributed by atoms with Crippen LogP contribution in [0.5, 0.6) is 0 Å². The SMILES string of the molecule is NC1CCN(c2ccc(Cl)c(C(F)(F)F)c2)C1=O. The van der Waals surface area contributed by atoms with Gasteiger partial charge in [0.2, 0.25) is 5.91 Å². The molecule has 0 aromatic heterocycles. The van der Waals surface area contributed by atoms with Crippen LogP contribution in [0.25, 0.3) is 0 Å². The first-order valence-corrected chi connectivity index (χ1v) is 5.62. The Morgan fingerprint density at radius 2 is 2.06 bits per heavy atom. The topological polar surface area (TPSA) is 46.3 Å². The second-order valence-electron chi connectivity index (χ2n) is 4.05. The summed E-state index contributed by atoms with van der Waals surface area (Å²) in [6, 6.07) is 2.75. The van der Waals surface area contributed by atoms with Crippen LogP contribution in [0.1, 0.15) is 12.0 Å².